The Labute approximate surface area is 102 Å². The predicted octanol–water partition coefficient (Wildman–Crippen LogP) is 1.71. The van der Waals surface area contributed by atoms with Crippen LogP contribution in [-0.2, 0) is 4.74 Å². The molecule has 1 aromatic heterocycles. The molecule has 0 spiro atoms. The number of rotatable bonds is 5. The molecule has 0 radical (unpaired) electrons. The summed E-state index contributed by atoms with van der Waals surface area (Å²) in [5.74, 6) is 1.93. The van der Waals surface area contributed by atoms with Crippen molar-refractivity contribution >= 4 is 5.82 Å². The van der Waals surface area contributed by atoms with E-state index in [0.29, 0.717) is 18.4 Å². The van der Waals surface area contributed by atoms with E-state index in [1.165, 1.54) is 0 Å². The molecule has 0 saturated carbocycles. The Morgan fingerprint density at radius 2 is 2.24 bits per heavy atom. The van der Waals surface area contributed by atoms with Crippen LogP contribution < -0.4 is 10.1 Å². The second-order valence-electron chi connectivity index (χ2n) is 4.14. The van der Waals surface area contributed by atoms with Gasteiger partial charge in [-0.3, -0.25) is 4.98 Å². The number of aromatic nitrogens is 2. The highest BCUT2D eigenvalue weighted by Crippen LogP contribution is 2.16. The van der Waals surface area contributed by atoms with Gasteiger partial charge in [-0.2, -0.15) is 4.98 Å². The standard InChI is InChI=1S/C12H19N3O2/c1-2-14-11-7-13-8-12(15-11)17-9-10-3-5-16-6-4-10/h7-8,10H,2-6,9H2,1H3,(H,14,15). The summed E-state index contributed by atoms with van der Waals surface area (Å²) in [5, 5.41) is 3.11. The van der Waals surface area contributed by atoms with Crippen molar-refractivity contribution in [2.24, 2.45) is 5.92 Å². The Morgan fingerprint density at radius 1 is 1.41 bits per heavy atom. The normalized spacial score (nSPS) is 16.8. The molecule has 0 amide bonds. The molecule has 17 heavy (non-hydrogen) atoms. The van der Waals surface area contributed by atoms with Gasteiger partial charge >= 0.3 is 0 Å². The SMILES string of the molecule is CCNc1cncc(OCC2CCOCC2)n1. The highest BCUT2D eigenvalue weighted by Gasteiger charge is 2.14. The van der Waals surface area contributed by atoms with Crippen molar-refractivity contribution in [1.82, 2.24) is 9.97 Å². The van der Waals surface area contributed by atoms with Gasteiger partial charge in [0, 0.05) is 19.8 Å². The smallest absolute Gasteiger partial charge is 0.234 e. The predicted molar refractivity (Wildman–Crippen MR) is 65.2 cm³/mol. The van der Waals surface area contributed by atoms with Gasteiger partial charge < -0.3 is 14.8 Å². The number of hydrogen-bond acceptors (Lipinski definition) is 5. The molecule has 94 valence electrons. The number of nitrogens with one attached hydrogen (secondary N) is 1. The number of hydrogen-bond donors (Lipinski definition) is 1. The summed E-state index contributed by atoms with van der Waals surface area (Å²) in [4.78, 5) is 8.41. The summed E-state index contributed by atoms with van der Waals surface area (Å²) in [5.41, 5.74) is 0. The van der Waals surface area contributed by atoms with Gasteiger partial charge in [-0.05, 0) is 25.7 Å². The first-order valence-electron chi connectivity index (χ1n) is 6.15. The Bertz CT molecular complexity index is 340. The van der Waals surface area contributed by atoms with Crippen LogP contribution in [-0.4, -0.2) is 36.3 Å². The van der Waals surface area contributed by atoms with Crippen molar-refractivity contribution in [1.29, 1.82) is 0 Å². The van der Waals surface area contributed by atoms with Crippen LogP contribution in [0.2, 0.25) is 0 Å². The molecule has 1 saturated heterocycles. The third-order valence-corrected chi connectivity index (χ3v) is 2.78. The average molecular weight is 237 g/mol. The summed E-state index contributed by atoms with van der Waals surface area (Å²) >= 11 is 0. The van der Waals surface area contributed by atoms with Gasteiger partial charge in [-0.15, -0.1) is 0 Å². The maximum Gasteiger partial charge on any atom is 0.234 e. The molecule has 1 aliphatic rings. The second-order valence-corrected chi connectivity index (χ2v) is 4.14. The van der Waals surface area contributed by atoms with Gasteiger partial charge in [0.25, 0.3) is 0 Å². The molecule has 5 nitrogen and oxygen atoms in total. The largest absolute Gasteiger partial charge is 0.476 e. The quantitative estimate of drug-likeness (QED) is 0.845. The molecule has 0 unspecified atom stereocenters. The van der Waals surface area contributed by atoms with E-state index in [9.17, 15) is 0 Å². The molecule has 2 heterocycles. The lowest BCUT2D eigenvalue weighted by Crippen LogP contribution is -2.21. The molecule has 5 heteroatoms. The van der Waals surface area contributed by atoms with Crippen LogP contribution >= 0.6 is 0 Å². The summed E-state index contributed by atoms with van der Waals surface area (Å²) < 4.78 is 11.0. The van der Waals surface area contributed by atoms with Gasteiger partial charge in [0.2, 0.25) is 5.88 Å². The van der Waals surface area contributed by atoms with E-state index >= 15 is 0 Å². The summed E-state index contributed by atoms with van der Waals surface area (Å²) in [6, 6.07) is 0. The number of nitrogens with zero attached hydrogens (tertiary/aromatic N) is 2. The van der Waals surface area contributed by atoms with Gasteiger partial charge in [0.05, 0.1) is 19.0 Å². The molecular formula is C12H19N3O2. The van der Waals surface area contributed by atoms with Crippen LogP contribution in [0, 0.1) is 5.92 Å². The van der Waals surface area contributed by atoms with E-state index in [4.69, 9.17) is 9.47 Å². The third-order valence-electron chi connectivity index (χ3n) is 2.78. The lowest BCUT2D eigenvalue weighted by Gasteiger charge is -2.21. The molecule has 1 aliphatic heterocycles. The zero-order chi connectivity index (χ0) is 11.9. The van der Waals surface area contributed by atoms with Crippen molar-refractivity contribution in [3.63, 3.8) is 0 Å². The van der Waals surface area contributed by atoms with E-state index in [1.807, 2.05) is 6.92 Å². The van der Waals surface area contributed by atoms with Crippen molar-refractivity contribution in [2.45, 2.75) is 19.8 Å². The Balaban J connectivity index is 1.83. The molecule has 0 atom stereocenters. The van der Waals surface area contributed by atoms with Crippen LogP contribution in [0.4, 0.5) is 5.82 Å². The van der Waals surface area contributed by atoms with Crippen LogP contribution in [0.5, 0.6) is 5.88 Å². The van der Waals surface area contributed by atoms with Crippen molar-refractivity contribution < 1.29 is 9.47 Å². The highest BCUT2D eigenvalue weighted by atomic mass is 16.5. The average Bonchev–Trinajstić information content (AvgIpc) is 2.39. The van der Waals surface area contributed by atoms with Crippen LogP contribution in [0.3, 0.4) is 0 Å². The molecule has 1 fully saturated rings. The first-order chi connectivity index (χ1) is 8.38. The fraction of sp³-hybridized carbons (Fsp3) is 0.667. The van der Waals surface area contributed by atoms with Crippen molar-refractivity contribution in [2.75, 3.05) is 31.7 Å². The summed E-state index contributed by atoms with van der Waals surface area (Å²) in [6.07, 6.45) is 5.49. The Hall–Kier alpha value is -1.36. The molecule has 1 aromatic rings. The zero-order valence-corrected chi connectivity index (χ0v) is 10.2. The van der Waals surface area contributed by atoms with E-state index in [0.717, 1.165) is 38.4 Å². The van der Waals surface area contributed by atoms with E-state index < -0.39 is 0 Å². The summed E-state index contributed by atoms with van der Waals surface area (Å²) in [6.45, 7) is 5.25. The Morgan fingerprint density at radius 3 is 3.00 bits per heavy atom. The second kappa shape index (κ2) is 6.39. The van der Waals surface area contributed by atoms with Crippen molar-refractivity contribution in [3.8, 4) is 5.88 Å². The molecule has 0 bridgehead atoms. The molecule has 1 N–H and O–H groups in total. The highest BCUT2D eigenvalue weighted by molar-refractivity contribution is 5.32. The minimum absolute atomic E-state index is 0.577. The minimum Gasteiger partial charge on any atom is -0.476 e. The molecule has 0 aromatic carbocycles. The van der Waals surface area contributed by atoms with E-state index in [-0.39, 0.29) is 0 Å². The fourth-order valence-electron chi connectivity index (χ4n) is 1.80. The fourth-order valence-corrected chi connectivity index (χ4v) is 1.80. The van der Waals surface area contributed by atoms with E-state index in [1.54, 1.807) is 12.4 Å². The maximum atomic E-state index is 5.66. The first-order valence-corrected chi connectivity index (χ1v) is 6.15. The maximum absolute atomic E-state index is 5.66. The number of ether oxygens (including phenoxy) is 2. The topological polar surface area (TPSA) is 56.3 Å². The molecule has 2 rings (SSSR count). The van der Waals surface area contributed by atoms with Crippen LogP contribution in [0.1, 0.15) is 19.8 Å². The Kier molecular flexibility index (Phi) is 4.55. The lowest BCUT2D eigenvalue weighted by atomic mass is 10.0. The van der Waals surface area contributed by atoms with Gasteiger partial charge in [-0.25, -0.2) is 0 Å². The minimum atomic E-state index is 0.577. The lowest BCUT2D eigenvalue weighted by molar-refractivity contribution is 0.0490. The monoisotopic (exact) mass is 237 g/mol. The van der Waals surface area contributed by atoms with Gasteiger partial charge in [-0.1, -0.05) is 0 Å². The first kappa shape index (κ1) is 12.1. The van der Waals surface area contributed by atoms with Crippen molar-refractivity contribution in [3.05, 3.63) is 12.4 Å². The zero-order valence-electron chi connectivity index (χ0n) is 10.2. The molecular weight excluding hydrogens is 218 g/mol. The van der Waals surface area contributed by atoms with Crippen LogP contribution in [0.15, 0.2) is 12.4 Å². The summed E-state index contributed by atoms with van der Waals surface area (Å²) in [7, 11) is 0. The van der Waals surface area contributed by atoms with Gasteiger partial charge in [0.15, 0.2) is 0 Å². The van der Waals surface area contributed by atoms with Crippen LogP contribution in [0.25, 0.3) is 0 Å². The molecule has 0 aliphatic carbocycles. The number of anilines is 1. The third kappa shape index (κ3) is 3.85. The van der Waals surface area contributed by atoms with Gasteiger partial charge in [0.1, 0.15) is 5.82 Å². The van der Waals surface area contributed by atoms with E-state index in [2.05, 4.69) is 15.3 Å².